The minimum absolute atomic E-state index is 0.287. The second-order valence-electron chi connectivity index (χ2n) is 7.62. The molecular formula is C23H30N2O6S. The van der Waals surface area contributed by atoms with Gasteiger partial charge in [-0.05, 0) is 43.7 Å². The van der Waals surface area contributed by atoms with Gasteiger partial charge in [-0.2, -0.15) is 4.31 Å². The maximum Gasteiger partial charge on any atom is 0.338 e. The van der Waals surface area contributed by atoms with Crippen LogP contribution in [0.1, 0.15) is 22.3 Å². The van der Waals surface area contributed by atoms with Crippen molar-refractivity contribution in [3.63, 3.8) is 0 Å². The lowest BCUT2D eigenvalue weighted by Crippen LogP contribution is -2.48. The van der Waals surface area contributed by atoms with Crippen LogP contribution in [-0.4, -0.2) is 77.1 Å². The highest BCUT2D eigenvalue weighted by Gasteiger charge is 2.28. The van der Waals surface area contributed by atoms with Crippen molar-refractivity contribution in [3.8, 4) is 11.5 Å². The number of nitrogens with zero attached hydrogens (tertiary/aromatic N) is 2. The van der Waals surface area contributed by atoms with Gasteiger partial charge in [-0.25, -0.2) is 13.2 Å². The number of sulfonamides is 1. The topological polar surface area (TPSA) is 85.4 Å². The third-order valence-electron chi connectivity index (χ3n) is 5.46. The van der Waals surface area contributed by atoms with Crippen molar-refractivity contribution >= 4 is 16.0 Å². The SMILES string of the molecule is COc1ccc(C(=O)OCCCN2CCN(S(=O)(=O)c3ccc(C)cc3)CC2)cc1OC. The Morgan fingerprint density at radius 1 is 0.938 bits per heavy atom. The highest BCUT2D eigenvalue weighted by Crippen LogP contribution is 2.27. The van der Waals surface area contributed by atoms with Gasteiger partial charge in [0.05, 0.1) is 31.3 Å². The van der Waals surface area contributed by atoms with E-state index < -0.39 is 16.0 Å². The average Bonchev–Trinajstić information content (AvgIpc) is 2.81. The van der Waals surface area contributed by atoms with Crippen molar-refractivity contribution in [2.75, 3.05) is 53.6 Å². The summed E-state index contributed by atoms with van der Waals surface area (Å²) < 4.78 is 42.9. The Balaban J connectivity index is 1.42. The highest BCUT2D eigenvalue weighted by molar-refractivity contribution is 7.89. The van der Waals surface area contributed by atoms with Crippen LogP contribution in [0.15, 0.2) is 47.4 Å². The molecule has 0 saturated carbocycles. The van der Waals surface area contributed by atoms with Crippen LogP contribution in [0.25, 0.3) is 0 Å². The largest absolute Gasteiger partial charge is 0.493 e. The predicted molar refractivity (Wildman–Crippen MR) is 121 cm³/mol. The van der Waals surface area contributed by atoms with E-state index in [1.165, 1.54) is 18.5 Å². The Bertz CT molecular complexity index is 1020. The lowest BCUT2D eigenvalue weighted by Gasteiger charge is -2.33. The van der Waals surface area contributed by atoms with Gasteiger partial charge in [-0.15, -0.1) is 0 Å². The molecule has 0 N–H and O–H groups in total. The lowest BCUT2D eigenvalue weighted by molar-refractivity contribution is 0.0482. The molecule has 1 aliphatic rings. The number of ether oxygens (including phenoxy) is 3. The summed E-state index contributed by atoms with van der Waals surface area (Å²) in [7, 11) is -0.414. The third-order valence-corrected chi connectivity index (χ3v) is 7.37. The first-order valence-corrected chi connectivity index (χ1v) is 12.0. The van der Waals surface area contributed by atoms with Gasteiger partial charge in [-0.3, -0.25) is 0 Å². The molecule has 1 saturated heterocycles. The molecule has 8 nitrogen and oxygen atoms in total. The number of aryl methyl sites for hydroxylation is 1. The van der Waals surface area contributed by atoms with Crippen LogP contribution in [0.2, 0.25) is 0 Å². The normalized spacial score (nSPS) is 15.3. The molecule has 9 heteroatoms. The maximum atomic E-state index is 12.8. The van der Waals surface area contributed by atoms with E-state index in [0.717, 1.165) is 12.1 Å². The number of methoxy groups -OCH3 is 2. The van der Waals surface area contributed by atoms with Crippen LogP contribution in [0, 0.1) is 6.92 Å². The summed E-state index contributed by atoms with van der Waals surface area (Å²) in [6.45, 7) is 5.14. The summed E-state index contributed by atoms with van der Waals surface area (Å²) in [6.07, 6.45) is 0.670. The van der Waals surface area contributed by atoms with E-state index in [2.05, 4.69) is 4.90 Å². The molecule has 0 aromatic heterocycles. The Kier molecular flexibility index (Phi) is 8.11. The van der Waals surface area contributed by atoms with Crippen molar-refractivity contribution < 1.29 is 27.4 Å². The number of carbonyl (C=O) groups is 1. The van der Waals surface area contributed by atoms with E-state index in [4.69, 9.17) is 14.2 Å². The Morgan fingerprint density at radius 2 is 1.59 bits per heavy atom. The highest BCUT2D eigenvalue weighted by atomic mass is 32.2. The van der Waals surface area contributed by atoms with Gasteiger partial charge in [0.25, 0.3) is 0 Å². The van der Waals surface area contributed by atoms with Crippen LogP contribution in [0.4, 0.5) is 0 Å². The molecule has 1 heterocycles. The minimum Gasteiger partial charge on any atom is -0.493 e. The van der Waals surface area contributed by atoms with E-state index in [1.54, 1.807) is 30.3 Å². The molecule has 0 aliphatic carbocycles. The molecule has 1 fully saturated rings. The Morgan fingerprint density at radius 3 is 2.22 bits per heavy atom. The zero-order chi connectivity index (χ0) is 23.1. The summed E-state index contributed by atoms with van der Waals surface area (Å²) in [4.78, 5) is 14.8. The van der Waals surface area contributed by atoms with Crippen molar-refractivity contribution in [1.82, 2.24) is 9.21 Å². The molecule has 0 unspecified atom stereocenters. The predicted octanol–water partition coefficient (Wildman–Crippen LogP) is 2.57. The average molecular weight is 463 g/mol. The Hall–Kier alpha value is -2.62. The number of piperazine rings is 1. The fraction of sp³-hybridized carbons (Fsp3) is 0.435. The molecule has 0 spiro atoms. The molecule has 174 valence electrons. The van der Waals surface area contributed by atoms with Gasteiger partial charge in [0, 0.05) is 32.7 Å². The second-order valence-corrected chi connectivity index (χ2v) is 9.56. The van der Waals surface area contributed by atoms with Crippen LogP contribution < -0.4 is 9.47 Å². The smallest absolute Gasteiger partial charge is 0.338 e. The summed E-state index contributed by atoms with van der Waals surface area (Å²) in [5.74, 6) is 0.605. The number of hydrogen-bond acceptors (Lipinski definition) is 7. The lowest BCUT2D eigenvalue weighted by atomic mass is 10.2. The molecule has 3 rings (SSSR count). The first-order chi connectivity index (χ1) is 15.3. The number of benzene rings is 2. The standard InChI is InChI=1S/C23H30N2O6S/c1-18-5-8-20(9-6-18)32(27,28)25-14-12-24(13-15-25)11-4-16-31-23(26)19-7-10-21(29-2)22(17-19)30-3/h5-10,17H,4,11-16H2,1-3H3. The molecule has 0 atom stereocenters. The van der Waals surface area contributed by atoms with Crippen LogP contribution in [-0.2, 0) is 14.8 Å². The van der Waals surface area contributed by atoms with Crippen LogP contribution in [0.5, 0.6) is 11.5 Å². The van der Waals surface area contributed by atoms with E-state index in [9.17, 15) is 13.2 Å². The van der Waals surface area contributed by atoms with E-state index in [0.29, 0.717) is 54.6 Å². The molecule has 2 aromatic carbocycles. The van der Waals surface area contributed by atoms with Gasteiger partial charge in [0.1, 0.15) is 0 Å². The van der Waals surface area contributed by atoms with Crippen molar-refractivity contribution in [2.45, 2.75) is 18.2 Å². The third kappa shape index (κ3) is 5.79. The van der Waals surface area contributed by atoms with Gasteiger partial charge in [-0.1, -0.05) is 17.7 Å². The van der Waals surface area contributed by atoms with Crippen LogP contribution in [0.3, 0.4) is 0 Å². The minimum atomic E-state index is -3.46. The van der Waals surface area contributed by atoms with Gasteiger partial charge in [0.15, 0.2) is 11.5 Å². The molecule has 0 radical (unpaired) electrons. The first-order valence-electron chi connectivity index (χ1n) is 10.5. The zero-order valence-corrected chi connectivity index (χ0v) is 19.6. The molecular weight excluding hydrogens is 432 g/mol. The van der Waals surface area contributed by atoms with E-state index in [-0.39, 0.29) is 6.61 Å². The van der Waals surface area contributed by atoms with Crippen molar-refractivity contribution in [1.29, 1.82) is 0 Å². The van der Waals surface area contributed by atoms with Gasteiger partial charge in [0.2, 0.25) is 10.0 Å². The summed E-state index contributed by atoms with van der Waals surface area (Å²) >= 11 is 0. The quantitative estimate of drug-likeness (QED) is 0.418. The zero-order valence-electron chi connectivity index (χ0n) is 18.7. The fourth-order valence-electron chi connectivity index (χ4n) is 3.55. The molecule has 1 aliphatic heterocycles. The maximum absolute atomic E-state index is 12.8. The monoisotopic (exact) mass is 462 g/mol. The van der Waals surface area contributed by atoms with Crippen molar-refractivity contribution in [3.05, 3.63) is 53.6 Å². The number of rotatable bonds is 9. The summed E-state index contributed by atoms with van der Waals surface area (Å²) in [5.41, 5.74) is 1.43. The first kappa shape index (κ1) is 24.0. The van der Waals surface area contributed by atoms with Crippen LogP contribution >= 0.6 is 0 Å². The Labute approximate surface area is 189 Å². The van der Waals surface area contributed by atoms with Gasteiger partial charge < -0.3 is 19.1 Å². The number of esters is 1. The second kappa shape index (κ2) is 10.8. The molecule has 0 amide bonds. The number of hydrogen-bond donors (Lipinski definition) is 0. The summed E-state index contributed by atoms with van der Waals surface area (Å²) in [6, 6.07) is 11.8. The number of carbonyl (C=O) groups excluding carboxylic acids is 1. The van der Waals surface area contributed by atoms with Crippen molar-refractivity contribution in [2.24, 2.45) is 0 Å². The fourth-order valence-corrected chi connectivity index (χ4v) is 4.97. The molecule has 2 aromatic rings. The van der Waals surface area contributed by atoms with E-state index in [1.807, 2.05) is 19.1 Å². The molecule has 32 heavy (non-hydrogen) atoms. The molecule has 0 bridgehead atoms. The summed E-state index contributed by atoms with van der Waals surface area (Å²) in [5, 5.41) is 0. The van der Waals surface area contributed by atoms with Gasteiger partial charge >= 0.3 is 5.97 Å². The van der Waals surface area contributed by atoms with E-state index >= 15 is 0 Å².